The van der Waals surface area contributed by atoms with E-state index in [0.29, 0.717) is 28.4 Å². The van der Waals surface area contributed by atoms with Crippen LogP contribution in [-0.4, -0.2) is 38.1 Å². The van der Waals surface area contributed by atoms with Gasteiger partial charge < -0.3 is 15.7 Å². The molecule has 7 nitrogen and oxygen atoms in total. The Labute approximate surface area is 182 Å². The Morgan fingerprint density at radius 2 is 2.00 bits per heavy atom. The molecule has 2 aromatic rings. The van der Waals surface area contributed by atoms with E-state index in [1.54, 1.807) is 38.2 Å². The number of hydrogen-bond donors (Lipinski definition) is 2. The van der Waals surface area contributed by atoms with E-state index in [9.17, 15) is 14.7 Å². The number of hydrogen-bond acceptors (Lipinski definition) is 7. The first kappa shape index (κ1) is 23.2. The SMILES string of the molecule is CC(=C(CCO)SC(=O)c1c(Cl)cccc1Cl)N(C=O)Cc1cnc(C)nc1N. The minimum Gasteiger partial charge on any atom is -0.396 e. The van der Waals surface area contributed by atoms with E-state index in [0.717, 1.165) is 11.8 Å². The fourth-order valence-electron chi connectivity index (χ4n) is 2.48. The number of rotatable bonds is 8. The quantitative estimate of drug-likeness (QED) is 0.583. The van der Waals surface area contributed by atoms with Crippen LogP contribution in [0.3, 0.4) is 0 Å². The first-order chi connectivity index (χ1) is 13.8. The highest BCUT2D eigenvalue weighted by molar-refractivity contribution is 8.17. The standard InChI is InChI=1S/C19H20Cl2N4O3S/c1-11(25(10-27)9-13-8-23-12(2)24-18(13)22)16(6-7-26)29-19(28)17-14(20)4-3-5-15(17)21/h3-5,8,10,26H,6-7,9H2,1-2H3,(H2,22,23,24). The number of carbonyl (C=O) groups excluding carboxylic acids is 2. The monoisotopic (exact) mass is 454 g/mol. The molecule has 1 aromatic carbocycles. The van der Waals surface area contributed by atoms with E-state index >= 15 is 0 Å². The van der Waals surface area contributed by atoms with Gasteiger partial charge in [0, 0.05) is 35.4 Å². The second kappa shape index (κ2) is 10.6. The molecule has 10 heteroatoms. The number of halogens is 2. The zero-order chi connectivity index (χ0) is 21.6. The molecule has 0 saturated carbocycles. The summed E-state index contributed by atoms with van der Waals surface area (Å²) in [5.41, 5.74) is 7.15. The van der Waals surface area contributed by atoms with Crippen LogP contribution in [0, 0.1) is 6.92 Å². The Kier molecular flexibility index (Phi) is 8.45. The first-order valence-electron chi connectivity index (χ1n) is 8.55. The van der Waals surface area contributed by atoms with Gasteiger partial charge in [0.1, 0.15) is 11.6 Å². The molecule has 0 radical (unpaired) electrons. The molecule has 1 aromatic heterocycles. The van der Waals surface area contributed by atoms with Crippen molar-refractivity contribution in [3.05, 3.63) is 62.0 Å². The summed E-state index contributed by atoms with van der Waals surface area (Å²) in [6, 6.07) is 4.78. The topological polar surface area (TPSA) is 109 Å². The van der Waals surface area contributed by atoms with Crippen LogP contribution < -0.4 is 5.73 Å². The number of aliphatic hydroxyl groups excluding tert-OH is 1. The molecule has 0 aliphatic rings. The predicted molar refractivity (Wildman–Crippen MR) is 116 cm³/mol. The van der Waals surface area contributed by atoms with Crippen LogP contribution in [0.5, 0.6) is 0 Å². The van der Waals surface area contributed by atoms with Gasteiger partial charge in [-0.25, -0.2) is 9.97 Å². The fraction of sp³-hybridized carbons (Fsp3) is 0.263. The maximum atomic E-state index is 12.8. The van der Waals surface area contributed by atoms with Crippen molar-refractivity contribution in [2.75, 3.05) is 12.3 Å². The van der Waals surface area contributed by atoms with Crippen molar-refractivity contribution in [3.8, 4) is 0 Å². The third-order valence-electron chi connectivity index (χ3n) is 4.04. The summed E-state index contributed by atoms with van der Waals surface area (Å²) in [4.78, 5) is 34.6. The van der Waals surface area contributed by atoms with Gasteiger partial charge in [-0.05, 0) is 37.7 Å². The van der Waals surface area contributed by atoms with Gasteiger partial charge in [0.05, 0.1) is 22.2 Å². The Morgan fingerprint density at radius 3 is 2.55 bits per heavy atom. The van der Waals surface area contributed by atoms with Gasteiger partial charge in [-0.1, -0.05) is 29.3 Å². The lowest BCUT2D eigenvalue weighted by Gasteiger charge is -2.22. The number of nitrogens with two attached hydrogens (primary N) is 1. The summed E-state index contributed by atoms with van der Waals surface area (Å²) in [6.07, 6.45) is 2.35. The number of aliphatic hydroxyl groups is 1. The number of allylic oxidation sites excluding steroid dienone is 1. The number of thioether (sulfide) groups is 1. The van der Waals surface area contributed by atoms with Gasteiger partial charge in [0.25, 0.3) is 0 Å². The third-order valence-corrected chi connectivity index (χ3v) is 5.81. The number of anilines is 1. The number of carbonyl (C=O) groups is 2. The fourth-order valence-corrected chi connectivity index (χ4v) is 4.16. The van der Waals surface area contributed by atoms with Crippen molar-refractivity contribution in [1.82, 2.24) is 14.9 Å². The number of amides is 1. The van der Waals surface area contributed by atoms with Crippen molar-refractivity contribution >= 4 is 52.3 Å². The Morgan fingerprint density at radius 1 is 1.34 bits per heavy atom. The Bertz CT molecular complexity index is 933. The van der Waals surface area contributed by atoms with E-state index < -0.39 is 0 Å². The van der Waals surface area contributed by atoms with E-state index in [1.165, 1.54) is 4.90 Å². The summed E-state index contributed by atoms with van der Waals surface area (Å²) in [5.74, 6) is 0.794. The molecule has 154 valence electrons. The van der Waals surface area contributed by atoms with Crippen LogP contribution >= 0.6 is 35.0 Å². The van der Waals surface area contributed by atoms with Crippen LogP contribution in [0.2, 0.25) is 10.0 Å². The molecule has 0 saturated heterocycles. The van der Waals surface area contributed by atoms with Crippen molar-refractivity contribution in [2.45, 2.75) is 26.8 Å². The average molecular weight is 455 g/mol. The van der Waals surface area contributed by atoms with Crippen LogP contribution in [0.15, 0.2) is 35.0 Å². The van der Waals surface area contributed by atoms with Gasteiger partial charge in [-0.3, -0.25) is 9.59 Å². The van der Waals surface area contributed by atoms with Gasteiger partial charge in [0.15, 0.2) is 0 Å². The highest BCUT2D eigenvalue weighted by Crippen LogP contribution is 2.34. The molecule has 0 unspecified atom stereocenters. The predicted octanol–water partition coefficient (Wildman–Crippen LogP) is 3.82. The molecule has 0 bridgehead atoms. The van der Waals surface area contributed by atoms with Crippen molar-refractivity contribution in [3.63, 3.8) is 0 Å². The molecular weight excluding hydrogens is 435 g/mol. The second-order valence-electron chi connectivity index (χ2n) is 6.03. The first-order valence-corrected chi connectivity index (χ1v) is 10.1. The highest BCUT2D eigenvalue weighted by Gasteiger charge is 2.20. The van der Waals surface area contributed by atoms with Crippen LogP contribution in [0.25, 0.3) is 0 Å². The van der Waals surface area contributed by atoms with Gasteiger partial charge in [-0.15, -0.1) is 0 Å². The van der Waals surface area contributed by atoms with E-state index in [4.69, 9.17) is 28.9 Å². The Balaban J connectivity index is 2.33. The normalized spacial score (nSPS) is 11.8. The van der Waals surface area contributed by atoms with Crippen LogP contribution in [0.1, 0.15) is 35.1 Å². The molecule has 29 heavy (non-hydrogen) atoms. The molecule has 0 spiro atoms. The zero-order valence-corrected chi connectivity index (χ0v) is 18.2. The summed E-state index contributed by atoms with van der Waals surface area (Å²) in [7, 11) is 0. The number of aromatic nitrogens is 2. The lowest BCUT2D eigenvalue weighted by Crippen LogP contribution is -2.22. The molecule has 0 atom stereocenters. The lowest BCUT2D eigenvalue weighted by atomic mass is 10.2. The summed E-state index contributed by atoms with van der Waals surface area (Å²) in [5, 5.41) is 9.52. The third kappa shape index (κ3) is 5.93. The van der Waals surface area contributed by atoms with Gasteiger partial charge in [-0.2, -0.15) is 0 Å². The number of benzene rings is 1. The molecule has 0 aliphatic heterocycles. The summed E-state index contributed by atoms with van der Waals surface area (Å²) in [6.45, 7) is 3.31. The number of nitrogen functional groups attached to an aromatic ring is 1. The number of nitrogens with zero attached hydrogens (tertiary/aromatic N) is 3. The maximum Gasteiger partial charge on any atom is 0.226 e. The van der Waals surface area contributed by atoms with Crippen LogP contribution in [0.4, 0.5) is 5.82 Å². The molecular formula is C19H20Cl2N4O3S. The van der Waals surface area contributed by atoms with Crippen molar-refractivity contribution < 1.29 is 14.7 Å². The van der Waals surface area contributed by atoms with E-state index in [1.807, 2.05) is 0 Å². The average Bonchev–Trinajstić information content (AvgIpc) is 2.66. The molecule has 0 fully saturated rings. The molecule has 3 N–H and O–H groups in total. The smallest absolute Gasteiger partial charge is 0.226 e. The largest absolute Gasteiger partial charge is 0.396 e. The number of aryl methyl sites for hydroxylation is 1. The van der Waals surface area contributed by atoms with Crippen LogP contribution in [-0.2, 0) is 11.3 Å². The van der Waals surface area contributed by atoms with Gasteiger partial charge in [0.2, 0.25) is 11.5 Å². The molecule has 1 heterocycles. The zero-order valence-electron chi connectivity index (χ0n) is 15.9. The summed E-state index contributed by atoms with van der Waals surface area (Å²) >= 11 is 13.1. The minimum absolute atomic E-state index is 0.123. The summed E-state index contributed by atoms with van der Waals surface area (Å²) < 4.78 is 0. The molecule has 2 rings (SSSR count). The molecule has 0 aliphatic carbocycles. The second-order valence-corrected chi connectivity index (χ2v) is 7.91. The van der Waals surface area contributed by atoms with E-state index in [2.05, 4.69) is 9.97 Å². The highest BCUT2D eigenvalue weighted by atomic mass is 35.5. The van der Waals surface area contributed by atoms with E-state index in [-0.39, 0.29) is 46.1 Å². The van der Waals surface area contributed by atoms with Gasteiger partial charge >= 0.3 is 0 Å². The Hall–Kier alpha value is -2.13. The van der Waals surface area contributed by atoms with Crippen molar-refractivity contribution in [1.29, 1.82) is 0 Å². The van der Waals surface area contributed by atoms with Crippen molar-refractivity contribution in [2.24, 2.45) is 0 Å². The maximum absolute atomic E-state index is 12.8. The molecule has 1 amide bonds. The lowest BCUT2D eigenvalue weighted by molar-refractivity contribution is -0.116. The minimum atomic E-state index is -0.382.